The number of nitrogens with zero attached hydrogens (tertiary/aromatic N) is 6. The molecule has 0 bridgehead atoms. The van der Waals surface area contributed by atoms with E-state index < -0.39 is 6.43 Å². The largest absolute Gasteiger partial charge is 0.369 e. The molecule has 1 amide bonds. The van der Waals surface area contributed by atoms with Crippen molar-refractivity contribution in [2.75, 3.05) is 43.9 Å². The minimum absolute atomic E-state index is 0.143. The molecule has 3 N–H and O–H groups in total. The Labute approximate surface area is 249 Å². The molecule has 0 saturated carbocycles. The molecule has 4 aromatic rings. The normalized spacial score (nSPS) is 15.8. The molecular formula is C31H37F2N9O. The molecule has 0 spiro atoms. The van der Waals surface area contributed by atoms with Crippen LogP contribution < -0.4 is 16.0 Å². The van der Waals surface area contributed by atoms with Gasteiger partial charge in [0, 0.05) is 73.7 Å². The van der Waals surface area contributed by atoms with Gasteiger partial charge in [-0.3, -0.25) is 14.7 Å². The maximum absolute atomic E-state index is 12.6. The van der Waals surface area contributed by atoms with Crippen molar-refractivity contribution in [2.24, 2.45) is 0 Å². The summed E-state index contributed by atoms with van der Waals surface area (Å²) in [5.41, 5.74) is 3.59. The molecule has 0 unspecified atom stereocenters. The highest BCUT2D eigenvalue weighted by Gasteiger charge is 2.28. The van der Waals surface area contributed by atoms with Gasteiger partial charge >= 0.3 is 0 Å². The second-order valence-corrected chi connectivity index (χ2v) is 11.1. The van der Waals surface area contributed by atoms with Gasteiger partial charge in [0.25, 0.3) is 12.3 Å². The van der Waals surface area contributed by atoms with Crippen LogP contribution in [0, 0.1) is 0 Å². The number of hydrogen-bond acceptors (Lipinski definition) is 9. The number of benzene rings is 1. The average Bonchev–Trinajstić information content (AvgIpc) is 3.04. The van der Waals surface area contributed by atoms with Crippen LogP contribution in [0.1, 0.15) is 49.0 Å². The number of anilines is 2. The fourth-order valence-electron chi connectivity index (χ4n) is 5.48. The predicted octanol–water partition coefficient (Wildman–Crippen LogP) is 4.76. The fourth-order valence-corrected chi connectivity index (χ4v) is 5.48. The molecular weight excluding hydrogens is 552 g/mol. The van der Waals surface area contributed by atoms with E-state index in [0.29, 0.717) is 42.7 Å². The van der Waals surface area contributed by atoms with Crippen LogP contribution in [-0.2, 0) is 5.41 Å². The van der Waals surface area contributed by atoms with E-state index in [1.807, 2.05) is 18.2 Å². The number of carbonyl (C=O) groups excluding carboxylic acids is 1. The lowest BCUT2D eigenvalue weighted by molar-refractivity contribution is 0.0769. The first-order chi connectivity index (χ1) is 20.8. The van der Waals surface area contributed by atoms with Crippen LogP contribution in [0.15, 0.2) is 55.2 Å². The Hall–Kier alpha value is -4.32. The van der Waals surface area contributed by atoms with E-state index in [2.05, 4.69) is 60.8 Å². The van der Waals surface area contributed by atoms with Crippen molar-refractivity contribution in [3.63, 3.8) is 0 Å². The molecule has 0 radical (unpaired) electrons. The Kier molecular flexibility index (Phi) is 9.34. The molecule has 1 fully saturated rings. The maximum atomic E-state index is 12.6. The van der Waals surface area contributed by atoms with Gasteiger partial charge in [0.05, 0.1) is 23.3 Å². The van der Waals surface area contributed by atoms with Gasteiger partial charge in [-0.05, 0) is 30.9 Å². The van der Waals surface area contributed by atoms with Crippen molar-refractivity contribution in [3.05, 3.63) is 66.4 Å². The van der Waals surface area contributed by atoms with Crippen molar-refractivity contribution < 1.29 is 13.6 Å². The van der Waals surface area contributed by atoms with E-state index in [-0.39, 0.29) is 23.9 Å². The van der Waals surface area contributed by atoms with Crippen molar-refractivity contribution in [1.29, 1.82) is 0 Å². The topological polar surface area (TPSA) is 121 Å². The zero-order valence-corrected chi connectivity index (χ0v) is 24.6. The molecule has 0 aliphatic carbocycles. The highest BCUT2D eigenvalue weighted by Crippen LogP contribution is 2.34. The van der Waals surface area contributed by atoms with Crippen LogP contribution in [0.3, 0.4) is 0 Å². The third-order valence-corrected chi connectivity index (χ3v) is 8.26. The number of piperidine rings is 1. The minimum Gasteiger partial charge on any atom is -0.369 e. The SMILES string of the molecule is CC[C@@](C)(CNc1cc(-c2cnc(NC3CCN(CC(F)F)CC3)nc2)ncn1)c1cccc2c(C(=O)NC)ccnc12. The molecule has 43 heavy (non-hydrogen) atoms. The summed E-state index contributed by atoms with van der Waals surface area (Å²) in [7, 11) is 1.62. The third kappa shape index (κ3) is 7.02. The number of amides is 1. The lowest BCUT2D eigenvalue weighted by Crippen LogP contribution is -2.41. The first-order valence-corrected chi connectivity index (χ1v) is 14.6. The van der Waals surface area contributed by atoms with Crippen LogP contribution in [0.5, 0.6) is 0 Å². The Morgan fingerprint density at radius 1 is 1.09 bits per heavy atom. The molecule has 1 aliphatic heterocycles. The smallest absolute Gasteiger partial charge is 0.251 e. The van der Waals surface area contributed by atoms with E-state index in [1.165, 1.54) is 6.33 Å². The number of fused-ring (bicyclic) bond motifs is 1. The minimum atomic E-state index is -2.31. The molecule has 3 aromatic heterocycles. The summed E-state index contributed by atoms with van der Waals surface area (Å²) >= 11 is 0. The van der Waals surface area contributed by atoms with Crippen LogP contribution in [0.2, 0.25) is 0 Å². The fraction of sp³-hybridized carbons (Fsp3) is 0.419. The van der Waals surface area contributed by atoms with Gasteiger partial charge < -0.3 is 16.0 Å². The standard InChI is InChI=1S/C31H37F2N9O/c1-4-31(2,24-7-5-6-22-23(29(43)34-3)8-11-35-28(22)24)18-38-27-14-25(39-19-40-27)20-15-36-30(37-16-20)41-21-9-12-42(13-10-21)17-26(32)33/h5-8,11,14-16,19,21,26H,4,9-10,12-13,17-18H2,1-3H3,(H,34,43)(H,36,37,41)(H,38,39,40)/t31-/m0/s1. The number of alkyl halides is 2. The zero-order chi connectivity index (χ0) is 30.4. The molecule has 5 rings (SSSR count). The van der Waals surface area contributed by atoms with E-state index in [4.69, 9.17) is 0 Å². The van der Waals surface area contributed by atoms with Gasteiger partial charge in [-0.1, -0.05) is 32.0 Å². The van der Waals surface area contributed by atoms with E-state index >= 15 is 0 Å². The first kappa shape index (κ1) is 30.1. The predicted molar refractivity (Wildman–Crippen MR) is 163 cm³/mol. The highest BCUT2D eigenvalue weighted by atomic mass is 19.3. The van der Waals surface area contributed by atoms with Gasteiger partial charge in [0.2, 0.25) is 5.95 Å². The Morgan fingerprint density at radius 2 is 1.86 bits per heavy atom. The van der Waals surface area contributed by atoms with Gasteiger partial charge in [-0.2, -0.15) is 0 Å². The van der Waals surface area contributed by atoms with Crippen molar-refractivity contribution in [2.45, 2.75) is 51.0 Å². The number of para-hydroxylation sites is 1. The first-order valence-electron chi connectivity index (χ1n) is 14.6. The monoisotopic (exact) mass is 589 g/mol. The lowest BCUT2D eigenvalue weighted by atomic mass is 9.78. The van der Waals surface area contributed by atoms with Crippen LogP contribution >= 0.6 is 0 Å². The lowest BCUT2D eigenvalue weighted by Gasteiger charge is -2.31. The summed E-state index contributed by atoms with van der Waals surface area (Å²) < 4.78 is 25.3. The zero-order valence-electron chi connectivity index (χ0n) is 24.6. The number of aromatic nitrogens is 5. The number of halogens is 2. The Balaban J connectivity index is 1.26. The molecule has 1 aromatic carbocycles. The summed E-state index contributed by atoms with van der Waals surface area (Å²) in [6.07, 6.45) is 6.68. The maximum Gasteiger partial charge on any atom is 0.251 e. The summed E-state index contributed by atoms with van der Waals surface area (Å²) in [4.78, 5) is 36.7. The van der Waals surface area contributed by atoms with Crippen LogP contribution in [0.4, 0.5) is 20.5 Å². The average molecular weight is 590 g/mol. The van der Waals surface area contributed by atoms with Crippen molar-refractivity contribution in [3.8, 4) is 11.3 Å². The molecule has 10 nitrogen and oxygen atoms in total. The van der Waals surface area contributed by atoms with Crippen molar-refractivity contribution >= 4 is 28.6 Å². The molecule has 226 valence electrons. The molecule has 1 aliphatic rings. The van der Waals surface area contributed by atoms with E-state index in [0.717, 1.165) is 41.3 Å². The summed E-state index contributed by atoms with van der Waals surface area (Å²) in [5, 5.41) is 10.3. The van der Waals surface area contributed by atoms with Crippen LogP contribution in [-0.4, -0.2) is 81.4 Å². The number of hydrogen-bond donors (Lipinski definition) is 3. The second-order valence-electron chi connectivity index (χ2n) is 11.1. The second kappa shape index (κ2) is 13.3. The quantitative estimate of drug-likeness (QED) is 0.227. The summed E-state index contributed by atoms with van der Waals surface area (Å²) in [5.74, 6) is 1.03. The highest BCUT2D eigenvalue weighted by molar-refractivity contribution is 6.06. The number of carbonyl (C=O) groups is 1. The van der Waals surface area contributed by atoms with E-state index in [1.54, 1.807) is 36.6 Å². The molecule has 1 saturated heterocycles. The third-order valence-electron chi connectivity index (χ3n) is 8.26. The number of likely N-dealkylation sites (tertiary alicyclic amines) is 1. The number of pyridine rings is 1. The van der Waals surface area contributed by atoms with E-state index in [9.17, 15) is 13.6 Å². The summed E-state index contributed by atoms with van der Waals surface area (Å²) in [6.45, 7) is 5.97. The Morgan fingerprint density at radius 3 is 2.56 bits per heavy atom. The Bertz CT molecular complexity index is 1540. The van der Waals surface area contributed by atoms with Gasteiger partial charge in [-0.15, -0.1) is 0 Å². The summed E-state index contributed by atoms with van der Waals surface area (Å²) in [6, 6.07) is 9.72. The molecule has 12 heteroatoms. The van der Waals surface area contributed by atoms with Gasteiger partial charge in [-0.25, -0.2) is 28.7 Å². The van der Waals surface area contributed by atoms with Gasteiger partial charge in [0.15, 0.2) is 0 Å². The molecule has 1 atom stereocenters. The molecule has 4 heterocycles. The van der Waals surface area contributed by atoms with Gasteiger partial charge in [0.1, 0.15) is 12.1 Å². The number of rotatable bonds is 11. The number of nitrogens with one attached hydrogen (secondary N) is 3. The van der Waals surface area contributed by atoms with Crippen LogP contribution in [0.25, 0.3) is 22.2 Å². The van der Waals surface area contributed by atoms with Crippen molar-refractivity contribution in [1.82, 2.24) is 35.1 Å².